The molecule has 3 unspecified atom stereocenters. The number of allylic oxidation sites excluding steroid dienone is 1. The molecule has 1 aromatic rings. The van der Waals surface area contributed by atoms with Crippen molar-refractivity contribution in [3.05, 3.63) is 47.0 Å². The number of carbonyl (C=O) groups is 2. The smallest absolute Gasteiger partial charge is 0.222 e. The highest BCUT2D eigenvalue weighted by molar-refractivity contribution is 6.03. The fourth-order valence-electron chi connectivity index (χ4n) is 7.42. The van der Waals surface area contributed by atoms with E-state index in [0.717, 1.165) is 62.6 Å². The summed E-state index contributed by atoms with van der Waals surface area (Å²) in [6.07, 6.45) is 7.36. The van der Waals surface area contributed by atoms with Gasteiger partial charge in [-0.3, -0.25) is 9.59 Å². The number of halogens is 1. The van der Waals surface area contributed by atoms with E-state index in [0.29, 0.717) is 24.8 Å². The minimum Gasteiger partial charge on any atom is -0.515 e. The summed E-state index contributed by atoms with van der Waals surface area (Å²) in [6, 6.07) is 5.41. The molecule has 1 N–H and O–H groups in total. The Kier molecular flexibility index (Phi) is 5.18. The van der Waals surface area contributed by atoms with Gasteiger partial charge in [-0.2, -0.15) is 0 Å². The molecule has 1 aliphatic heterocycles. The number of amides is 1. The Bertz CT molecular complexity index is 935. The third kappa shape index (κ3) is 3.15. The molecular weight excluding hydrogens is 393 g/mol. The van der Waals surface area contributed by atoms with E-state index < -0.39 is 5.41 Å². The fraction of sp³-hybridized carbons (Fsp3) is 0.615. The van der Waals surface area contributed by atoms with Crippen LogP contribution in [0.5, 0.6) is 0 Å². The maximum Gasteiger partial charge on any atom is 0.222 e. The van der Waals surface area contributed by atoms with Crippen LogP contribution in [0.25, 0.3) is 0 Å². The van der Waals surface area contributed by atoms with Gasteiger partial charge in [-0.1, -0.05) is 19.1 Å². The fourth-order valence-corrected chi connectivity index (χ4v) is 7.42. The van der Waals surface area contributed by atoms with E-state index in [1.165, 1.54) is 0 Å². The van der Waals surface area contributed by atoms with Crippen molar-refractivity contribution in [3.8, 4) is 0 Å². The average molecular weight is 426 g/mol. The average Bonchev–Trinajstić information content (AvgIpc) is 3.38. The van der Waals surface area contributed by atoms with Gasteiger partial charge in [0.05, 0.1) is 6.26 Å². The maximum atomic E-state index is 14.4. The van der Waals surface area contributed by atoms with Gasteiger partial charge in [0.2, 0.25) is 5.91 Å². The van der Waals surface area contributed by atoms with E-state index >= 15 is 0 Å². The largest absolute Gasteiger partial charge is 0.515 e. The number of carbonyl (C=O) groups excluding carboxylic acids is 2. The van der Waals surface area contributed by atoms with Crippen molar-refractivity contribution in [2.24, 2.45) is 23.2 Å². The lowest BCUT2D eigenvalue weighted by atomic mass is 9.54. The normalized spacial score (nSPS) is 35.7. The lowest BCUT2D eigenvalue weighted by Gasteiger charge is -2.49. The van der Waals surface area contributed by atoms with Crippen LogP contribution in [0.1, 0.15) is 68.9 Å². The molecule has 31 heavy (non-hydrogen) atoms. The van der Waals surface area contributed by atoms with Crippen LogP contribution in [0.3, 0.4) is 0 Å². The predicted octanol–water partition coefficient (Wildman–Crippen LogP) is 4.93. The van der Waals surface area contributed by atoms with E-state index in [1.807, 2.05) is 4.90 Å². The van der Waals surface area contributed by atoms with Gasteiger partial charge >= 0.3 is 0 Å². The Labute approximate surface area is 183 Å². The van der Waals surface area contributed by atoms with Crippen LogP contribution < -0.4 is 0 Å². The van der Waals surface area contributed by atoms with Crippen LogP contribution in [0.15, 0.2) is 30.0 Å². The molecule has 0 spiro atoms. The highest BCUT2D eigenvalue weighted by atomic mass is 19.1. The lowest BCUT2D eigenvalue weighted by Crippen LogP contribution is -2.44. The second-order valence-corrected chi connectivity index (χ2v) is 10.2. The number of hydrogen-bond acceptors (Lipinski definition) is 3. The molecule has 3 aliphatic carbocycles. The molecule has 5 heteroatoms. The third-order valence-electron chi connectivity index (χ3n) is 8.85. The van der Waals surface area contributed by atoms with Gasteiger partial charge in [0.1, 0.15) is 5.82 Å². The molecule has 2 saturated carbocycles. The Morgan fingerprint density at radius 3 is 2.81 bits per heavy atom. The SMILES string of the molecule is C[C@]12CCC3c4cccc(F)c4CCC3C1[C@H](CCC(=O)N1CCCC1)/C(=C/O)C2=O. The van der Waals surface area contributed by atoms with Crippen molar-refractivity contribution in [1.82, 2.24) is 4.90 Å². The molecule has 4 aliphatic rings. The first-order valence-corrected chi connectivity index (χ1v) is 11.9. The molecule has 0 bridgehead atoms. The second kappa shape index (κ2) is 7.75. The maximum absolute atomic E-state index is 14.4. The summed E-state index contributed by atoms with van der Waals surface area (Å²) < 4.78 is 14.4. The number of aliphatic hydroxyl groups excluding tert-OH is 1. The minimum absolute atomic E-state index is 0.0575. The third-order valence-corrected chi connectivity index (χ3v) is 8.85. The Hall–Kier alpha value is -2.17. The summed E-state index contributed by atoms with van der Waals surface area (Å²) in [5, 5.41) is 10.0. The quantitative estimate of drug-likeness (QED) is 0.552. The first-order chi connectivity index (χ1) is 15.0. The van der Waals surface area contributed by atoms with Gasteiger partial charge in [-0.25, -0.2) is 4.39 Å². The van der Waals surface area contributed by atoms with Crippen molar-refractivity contribution in [1.29, 1.82) is 0 Å². The molecule has 1 amide bonds. The second-order valence-electron chi connectivity index (χ2n) is 10.2. The zero-order chi connectivity index (χ0) is 21.8. The van der Waals surface area contributed by atoms with E-state index in [9.17, 15) is 19.1 Å². The number of Topliss-reactive ketones (excluding diaryl/α,β-unsaturated/α-hetero) is 1. The molecule has 1 saturated heterocycles. The molecule has 166 valence electrons. The van der Waals surface area contributed by atoms with E-state index in [1.54, 1.807) is 12.1 Å². The zero-order valence-electron chi connectivity index (χ0n) is 18.3. The summed E-state index contributed by atoms with van der Waals surface area (Å²) in [5.41, 5.74) is 1.96. The van der Waals surface area contributed by atoms with E-state index in [-0.39, 0.29) is 41.2 Å². The van der Waals surface area contributed by atoms with Gasteiger partial charge in [0.25, 0.3) is 0 Å². The number of nitrogens with zero attached hydrogens (tertiary/aromatic N) is 1. The van der Waals surface area contributed by atoms with E-state index in [2.05, 4.69) is 13.0 Å². The topological polar surface area (TPSA) is 57.6 Å². The highest BCUT2D eigenvalue weighted by Crippen LogP contribution is 2.63. The van der Waals surface area contributed by atoms with Crippen molar-refractivity contribution in [2.75, 3.05) is 13.1 Å². The van der Waals surface area contributed by atoms with E-state index in [4.69, 9.17) is 0 Å². The Balaban J connectivity index is 1.45. The summed E-state index contributed by atoms with van der Waals surface area (Å²) in [5.74, 6) is 0.634. The number of hydrogen-bond donors (Lipinski definition) is 1. The molecule has 3 fully saturated rings. The number of benzene rings is 1. The predicted molar refractivity (Wildman–Crippen MR) is 116 cm³/mol. The summed E-state index contributed by atoms with van der Waals surface area (Å²) in [4.78, 5) is 28.0. The summed E-state index contributed by atoms with van der Waals surface area (Å²) in [7, 11) is 0. The Morgan fingerprint density at radius 1 is 1.29 bits per heavy atom. The molecule has 0 aromatic heterocycles. The van der Waals surface area contributed by atoms with Crippen LogP contribution in [-0.4, -0.2) is 34.8 Å². The molecule has 5 atom stereocenters. The number of ketones is 1. The number of likely N-dealkylation sites (tertiary alicyclic amines) is 1. The molecular formula is C26H32FNO3. The van der Waals surface area contributed by atoms with Crippen LogP contribution in [0.4, 0.5) is 4.39 Å². The van der Waals surface area contributed by atoms with Crippen molar-refractivity contribution < 1.29 is 19.1 Å². The van der Waals surface area contributed by atoms with Crippen LogP contribution in [-0.2, 0) is 16.0 Å². The molecule has 1 aromatic carbocycles. The molecule has 4 nitrogen and oxygen atoms in total. The molecule has 0 radical (unpaired) electrons. The van der Waals surface area contributed by atoms with Crippen LogP contribution in [0.2, 0.25) is 0 Å². The van der Waals surface area contributed by atoms with Crippen LogP contribution >= 0.6 is 0 Å². The first kappa shape index (κ1) is 20.7. The number of aliphatic hydroxyl groups is 1. The van der Waals surface area contributed by atoms with Gasteiger partial charge in [-0.05, 0) is 85.8 Å². The standard InChI is InChI=1S/C26H32FNO3/c1-26-12-11-17-16-5-4-6-22(27)18(16)7-8-19(17)24(26)20(21(15-29)25(26)31)9-10-23(30)28-13-2-3-14-28/h4-6,15,17,19-20,24,29H,2-3,7-14H2,1H3/b21-15-/t17?,19?,20-,24?,26+/m1/s1. The first-order valence-electron chi connectivity index (χ1n) is 11.9. The van der Waals surface area contributed by atoms with Crippen LogP contribution in [0, 0.1) is 29.0 Å². The summed E-state index contributed by atoms with van der Waals surface area (Å²) in [6.45, 7) is 3.72. The van der Waals surface area contributed by atoms with Crippen molar-refractivity contribution >= 4 is 11.7 Å². The van der Waals surface area contributed by atoms with Crippen molar-refractivity contribution in [3.63, 3.8) is 0 Å². The van der Waals surface area contributed by atoms with Gasteiger partial charge < -0.3 is 10.0 Å². The monoisotopic (exact) mass is 425 g/mol. The van der Waals surface area contributed by atoms with Gasteiger partial charge in [0, 0.05) is 30.5 Å². The Morgan fingerprint density at radius 2 is 2.06 bits per heavy atom. The van der Waals surface area contributed by atoms with Crippen molar-refractivity contribution in [2.45, 2.75) is 64.2 Å². The summed E-state index contributed by atoms with van der Waals surface area (Å²) >= 11 is 0. The van der Waals surface area contributed by atoms with Gasteiger partial charge in [-0.15, -0.1) is 0 Å². The molecule has 1 heterocycles. The minimum atomic E-state index is -0.498. The zero-order valence-corrected chi connectivity index (χ0v) is 18.3. The highest BCUT2D eigenvalue weighted by Gasteiger charge is 2.60. The molecule has 5 rings (SSSR count). The number of rotatable bonds is 3. The number of fused-ring (bicyclic) bond motifs is 5. The van der Waals surface area contributed by atoms with Gasteiger partial charge in [0.15, 0.2) is 5.78 Å². The lowest BCUT2D eigenvalue weighted by molar-refractivity contribution is -0.130.